The maximum atomic E-state index is 13.0. The van der Waals surface area contributed by atoms with Crippen LogP contribution in [-0.2, 0) is 18.9 Å². The molecule has 2 saturated heterocycles. The third kappa shape index (κ3) is 7.21. The number of hydrazone groups is 1. The lowest BCUT2D eigenvalue weighted by molar-refractivity contribution is -0.361. The van der Waals surface area contributed by atoms with Crippen LogP contribution in [0.2, 0.25) is 0 Å². The van der Waals surface area contributed by atoms with Crippen LogP contribution in [0.3, 0.4) is 0 Å². The summed E-state index contributed by atoms with van der Waals surface area (Å²) in [6, 6.07) is 10.6. The molecule has 9 N–H and O–H groups in total. The highest BCUT2D eigenvalue weighted by Gasteiger charge is 2.71. The quantitative estimate of drug-likeness (QED) is 0.0922. The van der Waals surface area contributed by atoms with E-state index in [1.54, 1.807) is 20.1 Å². The van der Waals surface area contributed by atoms with Crippen LogP contribution in [0.4, 0.5) is 5.69 Å². The van der Waals surface area contributed by atoms with Crippen LogP contribution >= 0.6 is 0 Å². The van der Waals surface area contributed by atoms with Gasteiger partial charge in [0.1, 0.15) is 48.5 Å². The molecule has 0 amide bonds. The van der Waals surface area contributed by atoms with Gasteiger partial charge in [-0.3, -0.25) is 5.43 Å². The zero-order valence-electron chi connectivity index (χ0n) is 34.2. The second kappa shape index (κ2) is 16.6. The van der Waals surface area contributed by atoms with Crippen molar-refractivity contribution in [3.05, 3.63) is 58.6 Å². The highest BCUT2D eigenvalue weighted by atomic mass is 16.7. The first-order valence-corrected chi connectivity index (χ1v) is 21.2. The summed E-state index contributed by atoms with van der Waals surface area (Å²) in [4.78, 5) is 11.8. The van der Waals surface area contributed by atoms with Crippen LogP contribution in [0.1, 0.15) is 83.1 Å². The van der Waals surface area contributed by atoms with Crippen molar-refractivity contribution in [2.75, 3.05) is 19.1 Å². The Kier molecular flexibility index (Phi) is 12.1. The SMILES string of the molecule is COc1ccc(N/N=C/[C@]23CC[C@H](O[C@@H]4OC(C)[C@H](O[C@@H]5OC(CO)[C@@H](O)C(O)C5O)C(O)C4O)C[C@@]2(O)CC[C@@H]2[C@@H]3CC[C@]3(C)[C@@H](c4ccc(=O)oc4)CCC23O)cc1. The van der Waals surface area contributed by atoms with Gasteiger partial charge in [0.15, 0.2) is 12.6 Å². The monoisotopic (exact) mass is 844 g/mol. The Labute approximate surface area is 347 Å². The van der Waals surface area contributed by atoms with E-state index in [-0.39, 0.29) is 24.2 Å². The van der Waals surface area contributed by atoms with Crippen molar-refractivity contribution in [2.24, 2.45) is 27.8 Å². The number of nitrogens with one attached hydrogen (secondary N) is 1. The Balaban J connectivity index is 1.01. The summed E-state index contributed by atoms with van der Waals surface area (Å²) >= 11 is 0. The number of aliphatic hydroxyl groups is 8. The Hall–Kier alpha value is -3.04. The minimum atomic E-state index is -1.72. The highest BCUT2D eigenvalue weighted by Crippen LogP contribution is 2.71. The molecule has 17 nitrogen and oxygen atoms in total. The molecular formula is C43H60N2O15. The van der Waals surface area contributed by atoms with Crippen LogP contribution < -0.4 is 15.8 Å². The largest absolute Gasteiger partial charge is 0.497 e. The molecular weight excluding hydrogens is 784 g/mol. The van der Waals surface area contributed by atoms with Crippen molar-refractivity contribution >= 4 is 11.9 Å². The van der Waals surface area contributed by atoms with Crippen molar-refractivity contribution in [2.45, 2.75) is 156 Å². The van der Waals surface area contributed by atoms with Gasteiger partial charge in [-0.05, 0) is 112 Å². The molecule has 8 rings (SSSR count). The third-order valence-electron chi connectivity index (χ3n) is 15.4. The standard InChI is InChI=1S/C43H60N2O15/c1-22-37(60-39-35(51)33(49)32(48)30(19-46)59-39)34(50)36(52)38(57-22)58-26-10-15-41(21-44-45-24-5-7-25(55-3)8-6-24)28-11-14-40(2)27(23-4-9-31(47)56-20-23)13-17-43(40,54)29(28)12-16-42(41,53)18-26/h4-9,20-22,26-30,32-39,45-46,48-54H,10-19H2,1-3H3/b44-21+/t22?,26-,27+,28-,29+,30?,32+,33?,34?,35?,36?,37-,38-,39-,40+,41-,42-,43?/m0/s1. The van der Waals surface area contributed by atoms with Gasteiger partial charge in [0.05, 0.1) is 49.1 Å². The van der Waals surface area contributed by atoms with Crippen LogP contribution in [-0.4, -0.2) is 140 Å². The van der Waals surface area contributed by atoms with Gasteiger partial charge < -0.3 is 69.0 Å². The van der Waals surface area contributed by atoms with E-state index in [4.69, 9.17) is 33.2 Å². The predicted octanol–water partition coefficient (Wildman–Crippen LogP) is 1.12. The zero-order valence-corrected chi connectivity index (χ0v) is 34.2. The lowest BCUT2D eigenvalue weighted by Crippen LogP contribution is -2.69. The smallest absolute Gasteiger partial charge is 0.335 e. The van der Waals surface area contributed by atoms with E-state index >= 15 is 0 Å². The number of ether oxygens (including phenoxy) is 5. The molecule has 6 aliphatic rings. The summed E-state index contributed by atoms with van der Waals surface area (Å²) in [5.74, 6) is 0.369. The summed E-state index contributed by atoms with van der Waals surface area (Å²) < 4.78 is 34.3. The number of hydrogen-bond donors (Lipinski definition) is 9. The van der Waals surface area contributed by atoms with Gasteiger partial charge >= 0.3 is 5.63 Å². The molecule has 7 unspecified atom stereocenters. The fraction of sp³-hybridized carbons (Fsp3) is 0.721. The van der Waals surface area contributed by atoms with E-state index < -0.39 is 102 Å². The summed E-state index contributed by atoms with van der Waals surface area (Å²) in [6.07, 6.45) is -7.15. The maximum absolute atomic E-state index is 13.0. The first-order valence-electron chi connectivity index (χ1n) is 21.2. The topological polar surface area (TPSA) is 263 Å². The number of aliphatic hydroxyl groups excluding tert-OH is 6. The third-order valence-corrected chi connectivity index (χ3v) is 15.4. The molecule has 332 valence electrons. The minimum Gasteiger partial charge on any atom is -0.497 e. The summed E-state index contributed by atoms with van der Waals surface area (Å²) in [7, 11) is 1.59. The predicted molar refractivity (Wildman–Crippen MR) is 212 cm³/mol. The van der Waals surface area contributed by atoms with Gasteiger partial charge in [-0.15, -0.1) is 0 Å². The normalized spacial score (nSPS) is 46.6. The number of nitrogens with zero attached hydrogens (tertiary/aromatic N) is 1. The minimum absolute atomic E-state index is 0.0130. The molecule has 4 saturated carbocycles. The second-order valence-corrected chi connectivity index (χ2v) is 18.3. The lowest BCUT2D eigenvalue weighted by Gasteiger charge is -2.66. The average molecular weight is 845 g/mol. The van der Waals surface area contributed by atoms with Crippen molar-refractivity contribution in [3.63, 3.8) is 0 Å². The summed E-state index contributed by atoms with van der Waals surface area (Å²) in [5.41, 5.74) is 0.558. The van der Waals surface area contributed by atoms with E-state index in [1.165, 1.54) is 12.3 Å². The Bertz CT molecular complexity index is 1880. The molecule has 2 aliphatic heterocycles. The van der Waals surface area contributed by atoms with Gasteiger partial charge in [0, 0.05) is 29.5 Å². The van der Waals surface area contributed by atoms with E-state index in [2.05, 4.69) is 12.3 Å². The molecule has 2 aromatic rings. The number of rotatable bonds is 10. The fourth-order valence-electron chi connectivity index (χ4n) is 12.1. The van der Waals surface area contributed by atoms with Crippen LogP contribution in [0.5, 0.6) is 5.75 Å². The first-order chi connectivity index (χ1) is 28.6. The maximum Gasteiger partial charge on any atom is 0.335 e. The fourth-order valence-corrected chi connectivity index (χ4v) is 12.1. The van der Waals surface area contributed by atoms with Crippen molar-refractivity contribution in [1.29, 1.82) is 0 Å². The van der Waals surface area contributed by atoms with E-state index in [1.807, 2.05) is 30.5 Å². The van der Waals surface area contributed by atoms with Crippen LogP contribution in [0, 0.1) is 22.7 Å². The molecule has 4 aliphatic carbocycles. The molecule has 60 heavy (non-hydrogen) atoms. The molecule has 0 bridgehead atoms. The number of methoxy groups -OCH3 is 1. The molecule has 17 heteroatoms. The van der Waals surface area contributed by atoms with Gasteiger partial charge in [0.2, 0.25) is 0 Å². The van der Waals surface area contributed by atoms with Gasteiger partial charge in [-0.25, -0.2) is 4.79 Å². The molecule has 18 atom stereocenters. The Morgan fingerprint density at radius 2 is 1.55 bits per heavy atom. The zero-order chi connectivity index (χ0) is 42.8. The molecule has 1 aromatic carbocycles. The molecule has 1 aromatic heterocycles. The Morgan fingerprint density at radius 3 is 2.25 bits per heavy atom. The van der Waals surface area contributed by atoms with Gasteiger partial charge in [-0.2, -0.15) is 5.10 Å². The van der Waals surface area contributed by atoms with E-state index in [0.29, 0.717) is 50.7 Å². The Morgan fingerprint density at radius 1 is 0.833 bits per heavy atom. The van der Waals surface area contributed by atoms with E-state index in [0.717, 1.165) is 17.7 Å². The van der Waals surface area contributed by atoms with Gasteiger partial charge in [-0.1, -0.05) is 6.92 Å². The molecule has 3 heterocycles. The number of anilines is 1. The lowest BCUT2D eigenvalue weighted by atomic mass is 9.41. The molecule has 0 spiro atoms. The van der Waals surface area contributed by atoms with Crippen LogP contribution in [0.15, 0.2) is 57.0 Å². The molecule has 0 radical (unpaired) electrons. The number of hydrogen-bond acceptors (Lipinski definition) is 17. The second-order valence-electron chi connectivity index (χ2n) is 18.3. The van der Waals surface area contributed by atoms with Gasteiger partial charge in [0.25, 0.3) is 0 Å². The highest BCUT2D eigenvalue weighted by molar-refractivity contribution is 5.71. The molecule has 6 fully saturated rings. The number of fused-ring (bicyclic) bond motifs is 5. The van der Waals surface area contributed by atoms with Crippen molar-refractivity contribution < 1.29 is 69.0 Å². The average Bonchev–Trinajstić information content (AvgIpc) is 3.52. The van der Waals surface area contributed by atoms with Crippen LogP contribution in [0.25, 0.3) is 0 Å². The summed E-state index contributed by atoms with van der Waals surface area (Å²) in [5, 5.41) is 93.7. The van der Waals surface area contributed by atoms with Crippen molar-refractivity contribution in [1.82, 2.24) is 0 Å². The van der Waals surface area contributed by atoms with E-state index in [9.17, 15) is 45.6 Å². The first kappa shape index (κ1) is 43.6. The summed E-state index contributed by atoms with van der Waals surface area (Å²) in [6.45, 7) is 3.06. The number of benzene rings is 1. The van der Waals surface area contributed by atoms with Crippen molar-refractivity contribution in [3.8, 4) is 5.75 Å².